The van der Waals surface area contributed by atoms with E-state index in [0.29, 0.717) is 6.61 Å². The molecule has 0 amide bonds. The lowest BCUT2D eigenvalue weighted by Gasteiger charge is -2.10. The van der Waals surface area contributed by atoms with Crippen molar-refractivity contribution in [1.82, 2.24) is 4.98 Å². The highest BCUT2D eigenvalue weighted by molar-refractivity contribution is 14.1. The van der Waals surface area contributed by atoms with Crippen LogP contribution in [-0.2, 0) is 19.3 Å². The second kappa shape index (κ2) is 8.26. The Bertz CT molecular complexity index is 1050. The smallest absolute Gasteiger partial charge is 0.124 e. The summed E-state index contributed by atoms with van der Waals surface area (Å²) in [7, 11) is 0. The average molecular weight is 517 g/mol. The summed E-state index contributed by atoms with van der Waals surface area (Å²) in [4.78, 5) is 6.17. The highest BCUT2D eigenvalue weighted by Gasteiger charge is 2.21. The minimum Gasteiger partial charge on any atom is -0.493 e. The van der Waals surface area contributed by atoms with Gasteiger partial charge in [0.05, 0.1) is 18.9 Å². The van der Waals surface area contributed by atoms with Gasteiger partial charge in [0.2, 0.25) is 0 Å². The summed E-state index contributed by atoms with van der Waals surface area (Å²) < 4.78 is 13.0. The van der Waals surface area contributed by atoms with Crippen molar-refractivity contribution >= 4 is 33.9 Å². The molecule has 150 valence electrons. The van der Waals surface area contributed by atoms with Gasteiger partial charge in [-0.15, -0.1) is 11.3 Å². The zero-order chi connectivity index (χ0) is 19.8. The molecule has 0 fully saturated rings. The zero-order valence-corrected chi connectivity index (χ0v) is 19.5. The van der Waals surface area contributed by atoms with Crippen LogP contribution in [0, 0.1) is 6.92 Å². The first kappa shape index (κ1) is 19.4. The van der Waals surface area contributed by atoms with Gasteiger partial charge in [0.15, 0.2) is 0 Å². The fraction of sp³-hybridized carbons (Fsp3) is 0.375. The molecular weight excluding hydrogens is 493 g/mol. The van der Waals surface area contributed by atoms with Crippen LogP contribution in [0.25, 0.3) is 10.6 Å². The highest BCUT2D eigenvalue weighted by Crippen LogP contribution is 2.37. The zero-order valence-electron chi connectivity index (χ0n) is 16.5. The number of rotatable bonds is 6. The van der Waals surface area contributed by atoms with Crippen LogP contribution in [0.2, 0.25) is 0 Å². The first-order valence-corrected chi connectivity index (χ1v) is 12.6. The number of aromatic nitrogens is 1. The normalized spacial score (nSPS) is 17.1. The second-order valence-electron chi connectivity index (χ2n) is 7.79. The van der Waals surface area contributed by atoms with Gasteiger partial charge in [0.25, 0.3) is 0 Å². The highest BCUT2D eigenvalue weighted by atomic mass is 127. The fourth-order valence-corrected chi connectivity index (χ4v) is 6.15. The van der Waals surface area contributed by atoms with Crippen molar-refractivity contribution in [3.05, 3.63) is 63.7 Å². The van der Waals surface area contributed by atoms with Crippen LogP contribution in [0.4, 0.5) is 0 Å². The van der Waals surface area contributed by atoms with E-state index < -0.39 is 0 Å². The molecule has 3 aromatic rings. The Morgan fingerprint density at radius 1 is 1.17 bits per heavy atom. The van der Waals surface area contributed by atoms with Gasteiger partial charge in [-0.2, -0.15) is 0 Å². The third-order valence-corrected chi connectivity index (χ3v) is 8.07. The molecule has 1 aromatic heterocycles. The molecule has 2 aromatic carbocycles. The summed E-state index contributed by atoms with van der Waals surface area (Å²) in [6.45, 7) is 3.60. The van der Waals surface area contributed by atoms with E-state index in [4.69, 9.17) is 14.5 Å². The average Bonchev–Trinajstić information content (AvgIpc) is 3.45. The lowest BCUT2D eigenvalue weighted by Crippen LogP contribution is -2.03. The summed E-state index contributed by atoms with van der Waals surface area (Å²) in [6.07, 6.45) is 4.29. The molecule has 1 atom stereocenters. The summed E-state index contributed by atoms with van der Waals surface area (Å²) in [6, 6.07) is 13.1. The van der Waals surface area contributed by atoms with Gasteiger partial charge in [0.1, 0.15) is 16.5 Å². The van der Waals surface area contributed by atoms with Gasteiger partial charge in [-0.05, 0) is 60.6 Å². The van der Waals surface area contributed by atoms with Crippen LogP contribution in [0.5, 0.6) is 11.5 Å². The lowest BCUT2D eigenvalue weighted by molar-refractivity contribution is 0.320. The van der Waals surface area contributed by atoms with Gasteiger partial charge in [-0.3, -0.25) is 0 Å². The number of ether oxygens (including phenoxy) is 2. The van der Waals surface area contributed by atoms with E-state index >= 15 is 0 Å². The standard InChI is InChI=1S/C24H24INO2S/c1-15-22(26-24(29-15)18-4-2-16-8-10-28-23(16)13-18)9-11-27-20-6-7-21-17(12-20)3-5-19(21)14-25/h2,4,6-7,12-13,19H,3,5,8-11,14H2,1H3/t19-/m0/s1. The van der Waals surface area contributed by atoms with Gasteiger partial charge in [-0.25, -0.2) is 4.98 Å². The molecule has 5 heteroatoms. The topological polar surface area (TPSA) is 31.4 Å². The monoisotopic (exact) mass is 517 g/mol. The molecule has 3 nitrogen and oxygen atoms in total. The summed E-state index contributed by atoms with van der Waals surface area (Å²) in [5.41, 5.74) is 6.57. The van der Waals surface area contributed by atoms with Crippen LogP contribution in [0.1, 0.15) is 39.6 Å². The van der Waals surface area contributed by atoms with E-state index in [1.165, 1.54) is 38.8 Å². The van der Waals surface area contributed by atoms with Gasteiger partial charge < -0.3 is 9.47 Å². The van der Waals surface area contributed by atoms with E-state index in [9.17, 15) is 0 Å². The van der Waals surface area contributed by atoms with E-state index in [0.717, 1.165) is 53.1 Å². The SMILES string of the molecule is Cc1sc(-c2ccc3c(c2)OCC3)nc1CCOc1ccc2c(c1)CC[C@H]2CI. The molecule has 2 aliphatic rings. The Labute approximate surface area is 189 Å². The van der Waals surface area contributed by atoms with Crippen molar-refractivity contribution in [2.45, 2.75) is 38.5 Å². The first-order valence-electron chi connectivity index (χ1n) is 10.3. The Hall–Kier alpha value is -1.60. The number of aryl methyl sites for hydroxylation is 2. The number of hydrogen-bond donors (Lipinski definition) is 0. The second-order valence-corrected chi connectivity index (χ2v) is 9.88. The van der Waals surface area contributed by atoms with Crippen molar-refractivity contribution < 1.29 is 9.47 Å². The maximum Gasteiger partial charge on any atom is 0.124 e. The molecule has 29 heavy (non-hydrogen) atoms. The van der Waals surface area contributed by atoms with Crippen molar-refractivity contribution in [2.75, 3.05) is 17.6 Å². The Morgan fingerprint density at radius 3 is 3.00 bits per heavy atom. The minimum absolute atomic E-state index is 0.659. The molecule has 1 aliphatic heterocycles. The molecule has 0 saturated carbocycles. The molecule has 1 aliphatic carbocycles. The summed E-state index contributed by atoms with van der Waals surface area (Å²) >= 11 is 4.25. The Kier molecular flexibility index (Phi) is 5.52. The first-order chi connectivity index (χ1) is 14.2. The quantitative estimate of drug-likeness (QED) is 0.291. The van der Waals surface area contributed by atoms with Crippen LogP contribution in [0.15, 0.2) is 36.4 Å². The lowest BCUT2D eigenvalue weighted by atomic mass is 10.0. The Balaban J connectivity index is 1.24. The van der Waals surface area contributed by atoms with E-state index in [-0.39, 0.29) is 0 Å². The fourth-order valence-electron chi connectivity index (χ4n) is 4.28. The van der Waals surface area contributed by atoms with Crippen molar-refractivity contribution in [3.63, 3.8) is 0 Å². The van der Waals surface area contributed by atoms with E-state index in [2.05, 4.69) is 65.9 Å². The molecule has 0 spiro atoms. The van der Waals surface area contributed by atoms with E-state index in [1.54, 1.807) is 11.3 Å². The number of alkyl halides is 1. The van der Waals surface area contributed by atoms with E-state index in [1.807, 2.05) is 0 Å². The largest absolute Gasteiger partial charge is 0.493 e. The number of benzene rings is 2. The molecule has 0 bridgehead atoms. The maximum absolute atomic E-state index is 6.08. The van der Waals surface area contributed by atoms with Gasteiger partial charge in [0, 0.05) is 27.7 Å². The third kappa shape index (κ3) is 3.91. The van der Waals surface area contributed by atoms with Gasteiger partial charge in [-0.1, -0.05) is 40.8 Å². The molecule has 0 radical (unpaired) electrons. The number of hydrogen-bond acceptors (Lipinski definition) is 4. The number of halogens is 1. The number of nitrogens with zero attached hydrogens (tertiary/aromatic N) is 1. The van der Waals surface area contributed by atoms with Crippen LogP contribution in [0.3, 0.4) is 0 Å². The predicted octanol–water partition coefficient (Wildman–Crippen LogP) is 6.14. The summed E-state index contributed by atoms with van der Waals surface area (Å²) in [5, 5.41) is 1.07. The minimum atomic E-state index is 0.659. The molecule has 0 N–H and O–H groups in total. The molecule has 0 saturated heterocycles. The van der Waals surface area contributed by atoms with Gasteiger partial charge >= 0.3 is 0 Å². The predicted molar refractivity (Wildman–Crippen MR) is 127 cm³/mol. The molecular formula is C24H24INO2S. The van der Waals surface area contributed by atoms with Crippen molar-refractivity contribution in [2.24, 2.45) is 0 Å². The molecule has 2 heterocycles. The van der Waals surface area contributed by atoms with Crippen molar-refractivity contribution in [1.29, 1.82) is 0 Å². The Morgan fingerprint density at radius 2 is 2.10 bits per heavy atom. The van der Waals surface area contributed by atoms with Crippen LogP contribution >= 0.6 is 33.9 Å². The summed E-state index contributed by atoms with van der Waals surface area (Å²) in [5.74, 6) is 2.73. The molecule has 5 rings (SSSR count). The van der Waals surface area contributed by atoms with Crippen LogP contribution < -0.4 is 9.47 Å². The number of fused-ring (bicyclic) bond motifs is 2. The number of thiazole rings is 1. The van der Waals surface area contributed by atoms with Crippen LogP contribution in [-0.4, -0.2) is 22.6 Å². The van der Waals surface area contributed by atoms with Crippen molar-refractivity contribution in [3.8, 4) is 22.1 Å². The maximum atomic E-state index is 6.08. The molecule has 0 unspecified atom stereocenters. The third-order valence-electron chi connectivity index (χ3n) is 5.95.